The molecule has 3 heteroatoms. The van der Waals surface area contributed by atoms with Crippen LogP contribution in [0.1, 0.15) is 52.9 Å². The van der Waals surface area contributed by atoms with Gasteiger partial charge in [-0.05, 0) is 58.0 Å². The molecule has 0 aliphatic carbocycles. The summed E-state index contributed by atoms with van der Waals surface area (Å²) >= 11 is 0. The fourth-order valence-electron chi connectivity index (χ4n) is 3.88. The number of nitrogens with zero attached hydrogens (tertiary/aromatic N) is 1. The summed E-state index contributed by atoms with van der Waals surface area (Å²) in [6.45, 7) is 13.7. The molecular formula is C17H34N2O. The fourth-order valence-corrected chi connectivity index (χ4v) is 3.88. The highest BCUT2D eigenvalue weighted by atomic mass is 16.5. The molecule has 3 nitrogen and oxygen atoms in total. The Bertz CT molecular complexity index is 276. The fraction of sp³-hybridized carbons (Fsp3) is 1.00. The summed E-state index contributed by atoms with van der Waals surface area (Å²) in [5.41, 5.74) is 0.349. The van der Waals surface area contributed by atoms with E-state index in [2.05, 4.69) is 31.0 Å². The molecule has 3 atom stereocenters. The average Bonchev–Trinajstić information content (AvgIpc) is 2.44. The second-order valence-electron chi connectivity index (χ2n) is 7.28. The Morgan fingerprint density at radius 3 is 2.85 bits per heavy atom. The van der Waals surface area contributed by atoms with E-state index in [0.717, 1.165) is 38.3 Å². The van der Waals surface area contributed by atoms with Gasteiger partial charge < -0.3 is 10.1 Å². The molecule has 0 aromatic rings. The highest BCUT2D eigenvalue weighted by Crippen LogP contribution is 2.32. The maximum absolute atomic E-state index is 5.85. The molecule has 0 radical (unpaired) electrons. The topological polar surface area (TPSA) is 24.5 Å². The Labute approximate surface area is 125 Å². The zero-order valence-electron chi connectivity index (χ0n) is 13.8. The third kappa shape index (κ3) is 4.44. The predicted octanol–water partition coefficient (Wildman–Crippen LogP) is 2.90. The molecule has 2 aliphatic rings. The van der Waals surface area contributed by atoms with Crippen molar-refractivity contribution in [2.75, 3.05) is 39.4 Å². The SMILES string of the molecule is CCCNCC1(CN2CCC(C)CC2C)CCCOC1. The van der Waals surface area contributed by atoms with Gasteiger partial charge in [-0.25, -0.2) is 0 Å². The minimum atomic E-state index is 0.349. The van der Waals surface area contributed by atoms with Crippen LogP contribution in [0.25, 0.3) is 0 Å². The maximum Gasteiger partial charge on any atom is 0.0546 e. The molecule has 0 spiro atoms. The van der Waals surface area contributed by atoms with Crippen LogP contribution in [0.3, 0.4) is 0 Å². The predicted molar refractivity (Wildman–Crippen MR) is 85.1 cm³/mol. The monoisotopic (exact) mass is 282 g/mol. The molecule has 2 fully saturated rings. The van der Waals surface area contributed by atoms with E-state index in [-0.39, 0.29) is 0 Å². The Morgan fingerprint density at radius 1 is 1.35 bits per heavy atom. The minimum absolute atomic E-state index is 0.349. The van der Waals surface area contributed by atoms with Crippen LogP contribution in [0.4, 0.5) is 0 Å². The lowest BCUT2D eigenvalue weighted by Crippen LogP contribution is -2.52. The van der Waals surface area contributed by atoms with Crippen LogP contribution in [0.2, 0.25) is 0 Å². The first kappa shape index (κ1) is 16.3. The van der Waals surface area contributed by atoms with Gasteiger partial charge in [-0.15, -0.1) is 0 Å². The van der Waals surface area contributed by atoms with Crippen molar-refractivity contribution in [2.24, 2.45) is 11.3 Å². The van der Waals surface area contributed by atoms with Crippen LogP contribution >= 0.6 is 0 Å². The first-order valence-corrected chi connectivity index (χ1v) is 8.68. The lowest BCUT2D eigenvalue weighted by atomic mass is 9.80. The van der Waals surface area contributed by atoms with Crippen LogP contribution in [-0.2, 0) is 4.74 Å². The van der Waals surface area contributed by atoms with Gasteiger partial charge in [0.15, 0.2) is 0 Å². The normalized spacial score (nSPS) is 36.1. The van der Waals surface area contributed by atoms with Gasteiger partial charge in [-0.1, -0.05) is 13.8 Å². The summed E-state index contributed by atoms with van der Waals surface area (Å²) < 4.78 is 5.85. The molecule has 2 heterocycles. The van der Waals surface area contributed by atoms with Crippen LogP contribution in [0.15, 0.2) is 0 Å². The number of likely N-dealkylation sites (tertiary alicyclic amines) is 1. The molecule has 118 valence electrons. The summed E-state index contributed by atoms with van der Waals surface area (Å²) in [4.78, 5) is 2.72. The first-order valence-electron chi connectivity index (χ1n) is 8.68. The van der Waals surface area contributed by atoms with Gasteiger partial charge in [-0.3, -0.25) is 4.90 Å². The van der Waals surface area contributed by atoms with E-state index in [1.807, 2.05) is 0 Å². The lowest BCUT2D eigenvalue weighted by molar-refractivity contribution is -0.0387. The maximum atomic E-state index is 5.85. The van der Waals surface area contributed by atoms with Crippen molar-refractivity contribution < 1.29 is 4.74 Å². The van der Waals surface area contributed by atoms with Crippen LogP contribution in [0.5, 0.6) is 0 Å². The van der Waals surface area contributed by atoms with Gasteiger partial charge >= 0.3 is 0 Å². The largest absolute Gasteiger partial charge is 0.381 e. The number of hydrogen-bond acceptors (Lipinski definition) is 3. The Hall–Kier alpha value is -0.120. The molecule has 0 bridgehead atoms. The van der Waals surface area contributed by atoms with Crippen LogP contribution in [0, 0.1) is 11.3 Å². The van der Waals surface area contributed by atoms with Crippen molar-refractivity contribution in [2.45, 2.75) is 58.9 Å². The molecule has 0 saturated carbocycles. The zero-order valence-corrected chi connectivity index (χ0v) is 13.8. The summed E-state index contributed by atoms with van der Waals surface area (Å²) in [6.07, 6.45) is 6.49. The Kier molecular flexibility index (Phi) is 6.31. The summed E-state index contributed by atoms with van der Waals surface area (Å²) in [6, 6.07) is 0.740. The molecule has 0 aromatic heterocycles. The molecule has 3 unspecified atom stereocenters. The van der Waals surface area contributed by atoms with Crippen molar-refractivity contribution >= 4 is 0 Å². The quantitative estimate of drug-likeness (QED) is 0.758. The van der Waals surface area contributed by atoms with Crippen molar-refractivity contribution in [3.8, 4) is 0 Å². The summed E-state index contributed by atoms with van der Waals surface area (Å²) in [7, 11) is 0. The standard InChI is InChI=1S/C17H34N2O/c1-4-8-18-12-17(7-5-10-20-14-17)13-19-9-6-15(2)11-16(19)3/h15-16,18H,4-14H2,1-3H3. The third-order valence-corrected chi connectivity index (χ3v) is 5.15. The molecular weight excluding hydrogens is 248 g/mol. The number of piperidine rings is 1. The number of nitrogens with one attached hydrogen (secondary N) is 1. The number of rotatable bonds is 6. The van der Waals surface area contributed by atoms with E-state index in [0.29, 0.717) is 5.41 Å². The first-order chi connectivity index (χ1) is 9.65. The van der Waals surface area contributed by atoms with Crippen molar-refractivity contribution in [1.82, 2.24) is 10.2 Å². The van der Waals surface area contributed by atoms with E-state index in [9.17, 15) is 0 Å². The van der Waals surface area contributed by atoms with Gasteiger partial charge in [0.1, 0.15) is 0 Å². The van der Waals surface area contributed by atoms with E-state index in [1.54, 1.807) is 0 Å². The molecule has 2 aliphatic heterocycles. The lowest BCUT2D eigenvalue weighted by Gasteiger charge is -2.45. The van der Waals surface area contributed by atoms with Crippen LogP contribution in [-0.4, -0.2) is 50.3 Å². The highest BCUT2D eigenvalue weighted by Gasteiger charge is 2.36. The molecule has 0 amide bonds. The molecule has 0 aromatic carbocycles. The Morgan fingerprint density at radius 2 is 2.20 bits per heavy atom. The smallest absolute Gasteiger partial charge is 0.0546 e. The summed E-state index contributed by atoms with van der Waals surface area (Å²) in [5.74, 6) is 0.901. The van der Waals surface area contributed by atoms with E-state index in [4.69, 9.17) is 4.74 Å². The average molecular weight is 282 g/mol. The van der Waals surface area contributed by atoms with Gasteiger partial charge in [0.25, 0.3) is 0 Å². The van der Waals surface area contributed by atoms with E-state index in [1.165, 1.54) is 45.2 Å². The second-order valence-corrected chi connectivity index (χ2v) is 7.28. The van der Waals surface area contributed by atoms with Crippen molar-refractivity contribution in [1.29, 1.82) is 0 Å². The number of hydrogen-bond donors (Lipinski definition) is 1. The number of ether oxygens (including phenoxy) is 1. The van der Waals surface area contributed by atoms with Gasteiger partial charge in [0, 0.05) is 31.2 Å². The van der Waals surface area contributed by atoms with Crippen molar-refractivity contribution in [3.05, 3.63) is 0 Å². The molecule has 2 rings (SSSR count). The third-order valence-electron chi connectivity index (χ3n) is 5.15. The second kappa shape index (κ2) is 7.77. The Balaban J connectivity index is 1.92. The van der Waals surface area contributed by atoms with Gasteiger partial charge in [0.05, 0.1) is 6.61 Å². The molecule has 1 N–H and O–H groups in total. The summed E-state index contributed by atoms with van der Waals surface area (Å²) in [5, 5.41) is 3.65. The van der Waals surface area contributed by atoms with Crippen molar-refractivity contribution in [3.63, 3.8) is 0 Å². The van der Waals surface area contributed by atoms with E-state index >= 15 is 0 Å². The minimum Gasteiger partial charge on any atom is -0.381 e. The molecule has 2 saturated heterocycles. The van der Waals surface area contributed by atoms with Gasteiger partial charge in [0.2, 0.25) is 0 Å². The highest BCUT2D eigenvalue weighted by molar-refractivity contribution is 4.90. The zero-order chi connectivity index (χ0) is 14.4. The van der Waals surface area contributed by atoms with Crippen LogP contribution < -0.4 is 5.32 Å². The van der Waals surface area contributed by atoms with Gasteiger partial charge in [-0.2, -0.15) is 0 Å². The molecule has 20 heavy (non-hydrogen) atoms. The van der Waals surface area contributed by atoms with E-state index < -0.39 is 0 Å².